The molecule has 1 aromatic carbocycles. The molecular formula is C7H5O2Sn. The van der Waals surface area contributed by atoms with E-state index >= 15 is 0 Å². The maximum atomic E-state index is 10.4. The standard InChI is InChI=1S/C7H5O2.Sn/c8-7(9)6-4-2-1-3-5-6;/h1-2,4-5H,(H,8,9);. The molecule has 1 N–H and O–H groups in total. The second-order valence-electron chi connectivity index (χ2n) is 1.89. The minimum absolute atomic E-state index is 0.370. The SMILES string of the molecule is O=C(O)c1ccc[c]([Sn])c1. The van der Waals surface area contributed by atoms with E-state index in [4.69, 9.17) is 5.11 Å². The Balaban J connectivity index is 3.07. The van der Waals surface area contributed by atoms with E-state index in [1.807, 2.05) is 6.07 Å². The molecule has 0 unspecified atom stereocenters. The van der Waals surface area contributed by atoms with Gasteiger partial charge in [0.05, 0.1) is 0 Å². The fraction of sp³-hybridized carbons (Fsp3) is 0. The summed E-state index contributed by atoms with van der Waals surface area (Å²) in [6, 6.07) is 6.94. The molecule has 0 aliphatic heterocycles. The number of benzene rings is 1. The molecule has 2 nitrogen and oxygen atoms in total. The molecule has 0 fully saturated rings. The van der Waals surface area contributed by atoms with Gasteiger partial charge in [-0.1, -0.05) is 0 Å². The molecule has 0 heterocycles. The Hall–Kier alpha value is -0.511. The van der Waals surface area contributed by atoms with Gasteiger partial charge in [0.2, 0.25) is 0 Å². The molecule has 0 aromatic heterocycles. The van der Waals surface area contributed by atoms with Crippen LogP contribution in [0.15, 0.2) is 24.3 Å². The zero-order valence-corrected chi connectivity index (χ0v) is 8.02. The normalized spacial score (nSPS) is 9.30. The molecule has 3 radical (unpaired) electrons. The third-order valence-corrected chi connectivity index (χ3v) is 2.00. The monoisotopic (exact) mass is 241 g/mol. The Morgan fingerprint density at radius 2 is 2.20 bits per heavy atom. The third-order valence-electron chi connectivity index (χ3n) is 1.11. The summed E-state index contributed by atoms with van der Waals surface area (Å²) in [5.41, 5.74) is 0.370. The van der Waals surface area contributed by atoms with Gasteiger partial charge in [-0.15, -0.1) is 0 Å². The number of hydrogen-bond donors (Lipinski definition) is 1. The first-order valence-corrected chi connectivity index (χ1v) is 4.18. The van der Waals surface area contributed by atoms with Gasteiger partial charge < -0.3 is 0 Å². The minimum atomic E-state index is -0.857. The van der Waals surface area contributed by atoms with Gasteiger partial charge in [-0.3, -0.25) is 0 Å². The first-order chi connectivity index (χ1) is 4.70. The predicted octanol–water partition coefficient (Wildman–Crippen LogP) is 0.179. The van der Waals surface area contributed by atoms with Crippen LogP contribution in [0.1, 0.15) is 10.4 Å². The molecule has 3 heteroatoms. The van der Waals surface area contributed by atoms with Crippen molar-refractivity contribution in [3.63, 3.8) is 0 Å². The van der Waals surface area contributed by atoms with E-state index < -0.39 is 5.97 Å². The Labute approximate surface area is 72.0 Å². The average Bonchev–Trinajstić information content (AvgIpc) is 1.88. The van der Waals surface area contributed by atoms with Crippen LogP contribution in [0.5, 0.6) is 0 Å². The molecule has 1 aromatic rings. The number of rotatable bonds is 1. The quantitative estimate of drug-likeness (QED) is 0.710. The summed E-state index contributed by atoms with van der Waals surface area (Å²) >= 11 is 1.24. The molecule has 0 spiro atoms. The number of carboxylic acids is 1. The summed E-state index contributed by atoms with van der Waals surface area (Å²) in [6.45, 7) is 0. The number of aromatic carboxylic acids is 1. The fourth-order valence-corrected chi connectivity index (χ4v) is 1.37. The van der Waals surface area contributed by atoms with Gasteiger partial charge in [-0.25, -0.2) is 0 Å². The van der Waals surface area contributed by atoms with E-state index in [1.54, 1.807) is 18.2 Å². The van der Waals surface area contributed by atoms with Crippen LogP contribution in [0.3, 0.4) is 0 Å². The van der Waals surface area contributed by atoms with Gasteiger partial charge in [0.1, 0.15) is 0 Å². The van der Waals surface area contributed by atoms with E-state index in [-0.39, 0.29) is 0 Å². The summed E-state index contributed by atoms with van der Waals surface area (Å²) in [5, 5.41) is 8.52. The third kappa shape index (κ3) is 1.73. The van der Waals surface area contributed by atoms with Gasteiger partial charge in [-0.2, -0.15) is 0 Å². The van der Waals surface area contributed by atoms with Crippen molar-refractivity contribution in [2.24, 2.45) is 0 Å². The van der Waals surface area contributed by atoms with Crippen LogP contribution in [-0.4, -0.2) is 33.6 Å². The van der Waals surface area contributed by atoms with E-state index in [0.29, 0.717) is 5.56 Å². The first kappa shape index (κ1) is 7.59. The molecule has 0 aliphatic carbocycles. The molecular weight excluding hydrogens is 235 g/mol. The molecule has 0 atom stereocenters. The van der Waals surface area contributed by atoms with Gasteiger partial charge in [0.25, 0.3) is 0 Å². The van der Waals surface area contributed by atoms with E-state index in [9.17, 15) is 4.79 Å². The molecule has 1 rings (SSSR count). The zero-order chi connectivity index (χ0) is 7.56. The molecule has 49 valence electrons. The van der Waals surface area contributed by atoms with E-state index in [2.05, 4.69) is 0 Å². The van der Waals surface area contributed by atoms with Crippen LogP contribution < -0.4 is 3.58 Å². The maximum absolute atomic E-state index is 10.4. The average molecular weight is 240 g/mol. The van der Waals surface area contributed by atoms with E-state index in [1.165, 1.54) is 22.5 Å². The second kappa shape index (κ2) is 3.05. The van der Waals surface area contributed by atoms with Crippen molar-refractivity contribution in [1.82, 2.24) is 0 Å². The van der Waals surface area contributed by atoms with Gasteiger partial charge in [0, 0.05) is 0 Å². The van der Waals surface area contributed by atoms with Gasteiger partial charge in [0.15, 0.2) is 0 Å². The van der Waals surface area contributed by atoms with E-state index in [0.717, 1.165) is 3.58 Å². The molecule has 0 saturated carbocycles. The number of carbonyl (C=O) groups is 1. The van der Waals surface area contributed by atoms with Crippen LogP contribution in [0.4, 0.5) is 0 Å². The van der Waals surface area contributed by atoms with Crippen molar-refractivity contribution in [1.29, 1.82) is 0 Å². The van der Waals surface area contributed by atoms with Crippen LogP contribution in [0.25, 0.3) is 0 Å². The van der Waals surface area contributed by atoms with Crippen molar-refractivity contribution in [3.05, 3.63) is 29.8 Å². The Morgan fingerprint density at radius 1 is 1.50 bits per heavy atom. The van der Waals surface area contributed by atoms with Crippen molar-refractivity contribution in [3.8, 4) is 0 Å². The Bertz CT molecular complexity index is 258. The predicted molar refractivity (Wildman–Crippen MR) is 38.8 cm³/mol. The van der Waals surface area contributed by atoms with Crippen LogP contribution in [-0.2, 0) is 0 Å². The molecule has 0 aliphatic rings. The van der Waals surface area contributed by atoms with Gasteiger partial charge in [-0.05, 0) is 0 Å². The van der Waals surface area contributed by atoms with Crippen molar-refractivity contribution in [2.45, 2.75) is 0 Å². The number of hydrogen-bond acceptors (Lipinski definition) is 1. The Kier molecular flexibility index (Phi) is 2.32. The second-order valence-corrected chi connectivity index (χ2v) is 3.53. The summed E-state index contributed by atoms with van der Waals surface area (Å²) in [6.07, 6.45) is 0. The summed E-state index contributed by atoms with van der Waals surface area (Å²) < 4.78 is 1.06. The first-order valence-electron chi connectivity index (χ1n) is 2.75. The topological polar surface area (TPSA) is 37.3 Å². The molecule has 0 bridgehead atoms. The number of carboxylic acid groups (broad SMARTS) is 1. The van der Waals surface area contributed by atoms with Crippen molar-refractivity contribution >= 4 is 32.1 Å². The van der Waals surface area contributed by atoms with Crippen LogP contribution >= 0.6 is 0 Å². The van der Waals surface area contributed by atoms with Crippen molar-refractivity contribution in [2.75, 3.05) is 0 Å². The molecule has 0 saturated heterocycles. The van der Waals surface area contributed by atoms with Crippen molar-refractivity contribution < 1.29 is 9.90 Å². The van der Waals surface area contributed by atoms with Gasteiger partial charge >= 0.3 is 71.8 Å². The summed E-state index contributed by atoms with van der Waals surface area (Å²) in [7, 11) is 0. The fourth-order valence-electron chi connectivity index (χ4n) is 0.652. The molecule has 0 amide bonds. The Morgan fingerprint density at radius 3 is 2.60 bits per heavy atom. The van der Waals surface area contributed by atoms with Crippen LogP contribution in [0.2, 0.25) is 0 Å². The summed E-state index contributed by atoms with van der Waals surface area (Å²) in [4.78, 5) is 10.4. The zero-order valence-electron chi connectivity index (χ0n) is 5.16. The molecule has 10 heavy (non-hydrogen) atoms. The summed E-state index contributed by atoms with van der Waals surface area (Å²) in [5.74, 6) is -0.857. The van der Waals surface area contributed by atoms with Crippen LogP contribution in [0, 0.1) is 0 Å².